The number of hydrogen-bond acceptors (Lipinski definition) is 6. The average Bonchev–Trinajstić information content (AvgIpc) is 3.37. The minimum absolute atomic E-state index is 0.0813. The van der Waals surface area contributed by atoms with Gasteiger partial charge in [-0.1, -0.05) is 72.8 Å². The normalized spacial score (nSPS) is 18.5. The SMILES string of the molecule is COCCCNC(=O)[C@]1(C/C=C/c2ccccc2)N=C(c2ccc(OCCCO)cc2)O[C@@H]1c1ccccc1. The van der Waals surface area contributed by atoms with Crippen LogP contribution in [0.4, 0.5) is 0 Å². The van der Waals surface area contributed by atoms with Gasteiger partial charge >= 0.3 is 0 Å². The molecule has 39 heavy (non-hydrogen) atoms. The lowest BCUT2D eigenvalue weighted by Gasteiger charge is -2.29. The summed E-state index contributed by atoms with van der Waals surface area (Å²) >= 11 is 0. The van der Waals surface area contributed by atoms with E-state index in [1.807, 2.05) is 97.1 Å². The molecule has 2 N–H and O–H groups in total. The van der Waals surface area contributed by atoms with Gasteiger partial charge in [-0.3, -0.25) is 4.79 Å². The number of ether oxygens (including phenoxy) is 3. The quantitative estimate of drug-likeness (QED) is 0.289. The van der Waals surface area contributed by atoms with Crippen LogP contribution in [0.2, 0.25) is 0 Å². The maximum atomic E-state index is 13.9. The first-order valence-corrected chi connectivity index (χ1v) is 13.3. The minimum Gasteiger partial charge on any atom is -0.494 e. The van der Waals surface area contributed by atoms with Crippen molar-refractivity contribution in [2.45, 2.75) is 30.9 Å². The van der Waals surface area contributed by atoms with E-state index in [1.54, 1.807) is 7.11 Å². The number of carbonyl (C=O) groups excluding carboxylic acids is 1. The molecule has 1 amide bonds. The van der Waals surface area contributed by atoms with Crippen LogP contribution in [0.5, 0.6) is 5.75 Å². The van der Waals surface area contributed by atoms with E-state index in [0.717, 1.165) is 16.7 Å². The number of amides is 1. The van der Waals surface area contributed by atoms with Gasteiger partial charge in [0.1, 0.15) is 5.75 Å². The number of aliphatic hydroxyl groups excluding tert-OH is 1. The molecule has 0 fully saturated rings. The predicted molar refractivity (Wildman–Crippen MR) is 153 cm³/mol. The second-order valence-corrected chi connectivity index (χ2v) is 9.32. The highest BCUT2D eigenvalue weighted by Gasteiger charge is 2.52. The van der Waals surface area contributed by atoms with E-state index in [4.69, 9.17) is 24.3 Å². The third-order valence-electron chi connectivity index (χ3n) is 6.48. The molecule has 3 aromatic carbocycles. The van der Waals surface area contributed by atoms with Gasteiger partial charge in [0.05, 0.1) is 6.61 Å². The second-order valence-electron chi connectivity index (χ2n) is 9.32. The molecule has 0 radical (unpaired) electrons. The van der Waals surface area contributed by atoms with Crippen LogP contribution in [-0.2, 0) is 14.3 Å². The van der Waals surface area contributed by atoms with Gasteiger partial charge in [-0.2, -0.15) is 0 Å². The maximum absolute atomic E-state index is 13.9. The van der Waals surface area contributed by atoms with E-state index in [1.165, 1.54) is 0 Å². The monoisotopic (exact) mass is 528 g/mol. The summed E-state index contributed by atoms with van der Waals surface area (Å²) in [4.78, 5) is 18.9. The van der Waals surface area contributed by atoms with E-state index in [2.05, 4.69) is 5.32 Å². The summed E-state index contributed by atoms with van der Waals surface area (Å²) in [6, 6.07) is 27.2. The number of carbonyl (C=O) groups is 1. The van der Waals surface area contributed by atoms with Gasteiger partial charge in [0.2, 0.25) is 5.90 Å². The third kappa shape index (κ3) is 7.34. The van der Waals surface area contributed by atoms with E-state index < -0.39 is 11.6 Å². The van der Waals surface area contributed by atoms with Crippen molar-refractivity contribution in [3.05, 3.63) is 108 Å². The van der Waals surface area contributed by atoms with Crippen molar-refractivity contribution in [3.8, 4) is 5.75 Å². The van der Waals surface area contributed by atoms with Gasteiger partial charge in [-0.05, 0) is 41.8 Å². The van der Waals surface area contributed by atoms with E-state index in [9.17, 15) is 4.79 Å². The minimum atomic E-state index is -1.20. The van der Waals surface area contributed by atoms with Gasteiger partial charge in [-0.25, -0.2) is 4.99 Å². The van der Waals surface area contributed by atoms with Crippen molar-refractivity contribution in [1.82, 2.24) is 5.32 Å². The highest BCUT2D eigenvalue weighted by Crippen LogP contribution is 2.43. The molecule has 0 unspecified atom stereocenters. The molecule has 1 aliphatic heterocycles. The third-order valence-corrected chi connectivity index (χ3v) is 6.48. The first kappa shape index (κ1) is 28.1. The highest BCUT2D eigenvalue weighted by atomic mass is 16.5. The molecule has 2 atom stereocenters. The smallest absolute Gasteiger partial charge is 0.252 e. The second kappa shape index (κ2) is 14.3. The van der Waals surface area contributed by atoms with E-state index in [-0.39, 0.29) is 12.5 Å². The molecule has 4 rings (SSSR count). The predicted octanol–water partition coefficient (Wildman–Crippen LogP) is 4.96. The summed E-state index contributed by atoms with van der Waals surface area (Å²) in [5.74, 6) is 0.911. The Balaban J connectivity index is 1.68. The zero-order chi connectivity index (χ0) is 27.3. The van der Waals surface area contributed by atoms with Crippen molar-refractivity contribution in [3.63, 3.8) is 0 Å². The molecular weight excluding hydrogens is 492 g/mol. The number of methoxy groups -OCH3 is 1. The van der Waals surface area contributed by atoms with Gasteiger partial charge in [-0.15, -0.1) is 0 Å². The zero-order valence-electron chi connectivity index (χ0n) is 22.3. The molecule has 7 heteroatoms. The van der Waals surface area contributed by atoms with Crippen molar-refractivity contribution in [2.75, 3.05) is 33.5 Å². The van der Waals surface area contributed by atoms with Crippen LogP contribution in [0.3, 0.4) is 0 Å². The Kier molecular flexibility index (Phi) is 10.3. The van der Waals surface area contributed by atoms with Gasteiger partial charge < -0.3 is 24.6 Å². The Hall–Kier alpha value is -3.94. The molecule has 0 aromatic heterocycles. The van der Waals surface area contributed by atoms with Crippen LogP contribution in [0.15, 0.2) is 96.0 Å². The lowest BCUT2D eigenvalue weighted by atomic mass is 9.84. The average molecular weight is 529 g/mol. The Morgan fingerprint density at radius 1 is 1.00 bits per heavy atom. The van der Waals surface area contributed by atoms with Crippen LogP contribution in [0.25, 0.3) is 6.08 Å². The molecule has 0 bridgehead atoms. The number of nitrogens with zero attached hydrogens (tertiary/aromatic N) is 1. The number of benzene rings is 3. The summed E-state index contributed by atoms with van der Waals surface area (Å²) in [5.41, 5.74) is 1.47. The summed E-state index contributed by atoms with van der Waals surface area (Å²) < 4.78 is 17.3. The topological polar surface area (TPSA) is 89.4 Å². The Bertz CT molecular complexity index is 1230. The first-order valence-electron chi connectivity index (χ1n) is 13.3. The van der Waals surface area contributed by atoms with Gasteiger partial charge in [0, 0.05) is 45.3 Å². The summed E-state index contributed by atoms with van der Waals surface area (Å²) in [5, 5.41) is 12.1. The summed E-state index contributed by atoms with van der Waals surface area (Å²) in [7, 11) is 1.65. The molecule has 0 saturated carbocycles. The van der Waals surface area contributed by atoms with Gasteiger partial charge in [0.15, 0.2) is 11.6 Å². The van der Waals surface area contributed by atoms with Gasteiger partial charge in [0.25, 0.3) is 5.91 Å². The fourth-order valence-corrected chi connectivity index (χ4v) is 4.45. The lowest BCUT2D eigenvalue weighted by molar-refractivity contribution is -0.128. The molecule has 1 aliphatic rings. The van der Waals surface area contributed by atoms with Crippen LogP contribution in [0, 0.1) is 0 Å². The molecule has 204 valence electrons. The van der Waals surface area contributed by atoms with Crippen LogP contribution >= 0.6 is 0 Å². The maximum Gasteiger partial charge on any atom is 0.252 e. The van der Waals surface area contributed by atoms with Crippen molar-refractivity contribution in [1.29, 1.82) is 0 Å². The molecule has 0 aliphatic carbocycles. The van der Waals surface area contributed by atoms with Crippen LogP contribution < -0.4 is 10.1 Å². The van der Waals surface area contributed by atoms with Crippen LogP contribution in [-0.4, -0.2) is 55.9 Å². The Labute approximate surface area is 230 Å². The zero-order valence-corrected chi connectivity index (χ0v) is 22.3. The molecule has 0 saturated heterocycles. The van der Waals surface area contributed by atoms with Crippen molar-refractivity contribution in [2.24, 2.45) is 4.99 Å². The molecule has 3 aromatic rings. The largest absolute Gasteiger partial charge is 0.494 e. The number of nitrogens with one attached hydrogen (secondary N) is 1. The summed E-state index contributed by atoms with van der Waals surface area (Å²) in [6.07, 6.45) is 5.00. The molecule has 0 spiro atoms. The van der Waals surface area contributed by atoms with Crippen LogP contribution in [0.1, 0.15) is 42.1 Å². The van der Waals surface area contributed by atoms with Crippen molar-refractivity contribution < 1.29 is 24.1 Å². The standard InChI is InChI=1S/C32H36N2O5/c1-37-23-9-21-33-31(36)32(20-8-13-25-11-4-2-5-12-25)29(26-14-6-3-7-15-26)39-30(34-32)27-16-18-28(19-17-27)38-24-10-22-35/h2-8,11-19,29,35H,9-10,20-24H2,1H3,(H,33,36)/b13-8+/t29-,32-/m1/s1. The Morgan fingerprint density at radius 2 is 1.72 bits per heavy atom. The summed E-state index contributed by atoms with van der Waals surface area (Å²) in [6.45, 7) is 1.55. The van der Waals surface area contributed by atoms with E-state index >= 15 is 0 Å². The fourth-order valence-electron chi connectivity index (χ4n) is 4.45. The molecule has 1 heterocycles. The number of hydrogen-bond donors (Lipinski definition) is 2. The molecule has 7 nitrogen and oxygen atoms in total. The number of aliphatic imine (C=N–C) groups is 1. The van der Waals surface area contributed by atoms with Crippen molar-refractivity contribution >= 4 is 17.9 Å². The highest BCUT2D eigenvalue weighted by molar-refractivity contribution is 6.01. The van der Waals surface area contributed by atoms with E-state index in [0.29, 0.717) is 50.7 Å². The lowest BCUT2D eigenvalue weighted by Crippen LogP contribution is -2.48. The number of aliphatic hydroxyl groups is 1. The number of rotatable bonds is 14. The molecular formula is C32H36N2O5. The fraction of sp³-hybridized carbons (Fsp3) is 0.312. The Morgan fingerprint density at radius 3 is 2.41 bits per heavy atom. The first-order chi connectivity index (χ1) is 19.2.